The number of hydrogen-bond acceptors (Lipinski definition) is 5. The van der Waals surface area contributed by atoms with Gasteiger partial charge in [0.1, 0.15) is 10.8 Å². The Labute approximate surface area is 255 Å². The Morgan fingerprint density at radius 1 is 1.05 bits per heavy atom. The molecule has 0 spiro atoms. The molecule has 1 amide bonds. The van der Waals surface area contributed by atoms with Crippen molar-refractivity contribution in [1.82, 2.24) is 20.1 Å². The zero-order valence-electron chi connectivity index (χ0n) is 24.5. The van der Waals surface area contributed by atoms with Crippen LogP contribution in [0, 0.1) is 0 Å². The molecule has 0 radical (unpaired) electrons. The Bertz CT molecular complexity index is 1480. The van der Waals surface area contributed by atoms with Gasteiger partial charge in [-0.3, -0.25) is 9.69 Å². The number of aromatic nitrogens is 1. The normalized spacial score (nSPS) is 19.1. The number of fused-ring (bicyclic) bond motifs is 1. The number of rotatable bonds is 8. The first kappa shape index (κ1) is 30.2. The van der Waals surface area contributed by atoms with E-state index < -0.39 is 11.7 Å². The molecule has 43 heavy (non-hydrogen) atoms. The van der Waals surface area contributed by atoms with Crippen LogP contribution < -0.4 is 10.1 Å². The Morgan fingerprint density at radius 2 is 1.79 bits per heavy atom. The largest absolute Gasteiger partial charge is 0.492 e. The minimum absolute atomic E-state index is 0.0963. The number of nitrogens with zero attached hydrogens (tertiary/aromatic N) is 3. The van der Waals surface area contributed by atoms with Crippen molar-refractivity contribution < 1.29 is 22.7 Å². The summed E-state index contributed by atoms with van der Waals surface area (Å²) in [7, 11) is 0. The first-order valence-electron chi connectivity index (χ1n) is 15.5. The molecule has 10 heteroatoms. The maximum Gasteiger partial charge on any atom is 0.416 e. The van der Waals surface area contributed by atoms with Crippen LogP contribution >= 0.6 is 11.6 Å². The Morgan fingerprint density at radius 3 is 2.47 bits per heavy atom. The van der Waals surface area contributed by atoms with Crippen LogP contribution in [0.2, 0.25) is 5.02 Å². The first-order chi connectivity index (χ1) is 20.7. The number of likely N-dealkylation sites (tertiary alicyclic amines) is 2. The summed E-state index contributed by atoms with van der Waals surface area (Å²) < 4.78 is 47.2. The van der Waals surface area contributed by atoms with Crippen LogP contribution in [0.5, 0.6) is 5.75 Å². The van der Waals surface area contributed by atoms with E-state index in [1.165, 1.54) is 25.3 Å². The predicted octanol–water partition coefficient (Wildman–Crippen LogP) is 7.32. The highest BCUT2D eigenvalue weighted by Crippen LogP contribution is 2.40. The predicted molar refractivity (Wildman–Crippen MR) is 163 cm³/mol. The maximum atomic E-state index is 13.9. The number of benzene rings is 2. The zero-order valence-corrected chi connectivity index (χ0v) is 25.2. The number of piperidine rings is 2. The van der Waals surface area contributed by atoms with Gasteiger partial charge in [0.25, 0.3) is 5.91 Å². The summed E-state index contributed by atoms with van der Waals surface area (Å²) in [5, 5.41) is 3.93. The lowest BCUT2D eigenvalue weighted by Crippen LogP contribution is -2.46. The van der Waals surface area contributed by atoms with Crippen LogP contribution in [0.1, 0.15) is 73.4 Å². The van der Waals surface area contributed by atoms with Crippen molar-refractivity contribution in [2.45, 2.75) is 76.7 Å². The van der Waals surface area contributed by atoms with Crippen LogP contribution in [0.4, 0.5) is 13.2 Å². The van der Waals surface area contributed by atoms with Gasteiger partial charge in [-0.2, -0.15) is 13.2 Å². The molecule has 1 aliphatic carbocycles. The van der Waals surface area contributed by atoms with E-state index in [9.17, 15) is 18.0 Å². The number of carbonyl (C=O) groups is 1. The molecule has 3 heterocycles. The molecule has 3 aromatic rings. The zero-order chi connectivity index (χ0) is 30.1. The molecule has 3 aliphatic rings. The summed E-state index contributed by atoms with van der Waals surface area (Å²) in [4.78, 5) is 23.8. The second-order valence-electron chi connectivity index (χ2n) is 12.0. The number of carbonyl (C=O) groups excluding carboxylic acids is 1. The van der Waals surface area contributed by atoms with Crippen LogP contribution in [-0.4, -0.2) is 65.6 Å². The molecule has 0 bridgehead atoms. The van der Waals surface area contributed by atoms with Gasteiger partial charge in [0, 0.05) is 35.1 Å². The summed E-state index contributed by atoms with van der Waals surface area (Å²) in [5.74, 6) is 0.168. The average Bonchev–Trinajstić information content (AvgIpc) is 3.83. The molecule has 2 aliphatic heterocycles. The summed E-state index contributed by atoms with van der Waals surface area (Å²) >= 11 is 6.80. The third-order valence-electron chi connectivity index (χ3n) is 8.91. The third-order valence-corrected chi connectivity index (χ3v) is 9.28. The second kappa shape index (κ2) is 12.6. The number of alkyl halides is 3. The van der Waals surface area contributed by atoms with E-state index in [0.717, 1.165) is 64.0 Å². The van der Waals surface area contributed by atoms with E-state index in [-0.39, 0.29) is 17.0 Å². The minimum Gasteiger partial charge on any atom is -0.492 e. The fourth-order valence-corrected chi connectivity index (χ4v) is 6.78. The van der Waals surface area contributed by atoms with E-state index >= 15 is 0 Å². The standard InChI is InChI=1S/C33H38ClF3N4O2/c1-2-43-27-12-11-25-28(32(42)38-23-9-10-23)26(20-40-17-13-24(14-18-40)41-15-4-3-5-16-41)30(39-31(25)29(27)34)21-7-6-8-22(19-21)33(35,36)37/h6-8,11-12,19,23-24H,2-5,9-10,13-18,20H2,1H3,(H,38,42). The Hall–Kier alpha value is -2.88. The van der Waals surface area contributed by atoms with E-state index in [1.807, 2.05) is 6.92 Å². The Balaban J connectivity index is 1.45. The van der Waals surface area contributed by atoms with Crippen molar-refractivity contribution in [3.05, 3.63) is 58.1 Å². The molecular weight excluding hydrogens is 577 g/mol. The van der Waals surface area contributed by atoms with Crippen LogP contribution in [0.25, 0.3) is 22.2 Å². The Kier molecular flexibility index (Phi) is 8.85. The van der Waals surface area contributed by atoms with Crippen molar-refractivity contribution in [2.75, 3.05) is 32.8 Å². The van der Waals surface area contributed by atoms with Crippen LogP contribution in [-0.2, 0) is 12.7 Å². The van der Waals surface area contributed by atoms with Gasteiger partial charge in [0.15, 0.2) is 0 Å². The molecule has 1 N–H and O–H groups in total. The molecule has 2 saturated heterocycles. The van der Waals surface area contributed by atoms with Crippen LogP contribution in [0.3, 0.4) is 0 Å². The van der Waals surface area contributed by atoms with Crippen molar-refractivity contribution in [1.29, 1.82) is 0 Å². The molecule has 1 saturated carbocycles. The van der Waals surface area contributed by atoms with Gasteiger partial charge in [-0.1, -0.05) is 30.2 Å². The molecule has 0 atom stereocenters. The van der Waals surface area contributed by atoms with E-state index in [0.29, 0.717) is 58.2 Å². The van der Waals surface area contributed by atoms with Crippen molar-refractivity contribution in [2.24, 2.45) is 0 Å². The van der Waals surface area contributed by atoms with Gasteiger partial charge in [-0.25, -0.2) is 4.98 Å². The highest BCUT2D eigenvalue weighted by Gasteiger charge is 2.33. The molecule has 2 aromatic carbocycles. The highest BCUT2D eigenvalue weighted by molar-refractivity contribution is 6.37. The average molecular weight is 615 g/mol. The molecule has 6 nitrogen and oxygen atoms in total. The van der Waals surface area contributed by atoms with Crippen LogP contribution in [0.15, 0.2) is 36.4 Å². The lowest BCUT2D eigenvalue weighted by molar-refractivity contribution is -0.137. The van der Waals surface area contributed by atoms with Crippen molar-refractivity contribution >= 4 is 28.4 Å². The molecule has 0 unspecified atom stereocenters. The lowest BCUT2D eigenvalue weighted by atomic mass is 9.93. The third kappa shape index (κ3) is 6.64. The summed E-state index contributed by atoms with van der Waals surface area (Å²) in [5.41, 5.74) is 1.27. The van der Waals surface area contributed by atoms with Gasteiger partial charge in [-0.05, 0) is 95.9 Å². The van der Waals surface area contributed by atoms with E-state index in [2.05, 4.69) is 15.1 Å². The topological polar surface area (TPSA) is 57.7 Å². The summed E-state index contributed by atoms with van der Waals surface area (Å²) in [6, 6.07) is 9.35. The summed E-state index contributed by atoms with van der Waals surface area (Å²) in [6.07, 6.45) is 3.13. The van der Waals surface area contributed by atoms with Gasteiger partial charge in [-0.15, -0.1) is 0 Å². The second-order valence-corrected chi connectivity index (χ2v) is 12.3. The fraction of sp³-hybridized carbons (Fsp3) is 0.515. The monoisotopic (exact) mass is 614 g/mol. The molecule has 230 valence electrons. The van der Waals surface area contributed by atoms with Gasteiger partial charge in [0.05, 0.1) is 28.9 Å². The van der Waals surface area contributed by atoms with Crippen molar-refractivity contribution in [3.8, 4) is 17.0 Å². The SMILES string of the molecule is CCOc1ccc2c(C(=O)NC3CC3)c(CN3CCC(N4CCCCC4)CC3)c(-c3cccc(C(F)(F)F)c3)nc2c1Cl. The number of nitrogens with one attached hydrogen (secondary N) is 1. The van der Waals surface area contributed by atoms with Gasteiger partial charge < -0.3 is 15.0 Å². The van der Waals surface area contributed by atoms with Crippen molar-refractivity contribution in [3.63, 3.8) is 0 Å². The maximum absolute atomic E-state index is 13.9. The number of hydrogen-bond donors (Lipinski definition) is 1. The minimum atomic E-state index is -4.52. The quantitative estimate of drug-likeness (QED) is 0.288. The number of amides is 1. The van der Waals surface area contributed by atoms with E-state index in [1.54, 1.807) is 18.2 Å². The molecule has 6 rings (SSSR count). The fourth-order valence-electron chi connectivity index (χ4n) is 6.51. The molecular formula is C33H38ClF3N4O2. The van der Waals surface area contributed by atoms with E-state index in [4.69, 9.17) is 21.3 Å². The van der Waals surface area contributed by atoms with Gasteiger partial charge in [0.2, 0.25) is 0 Å². The molecule has 1 aromatic heterocycles. The number of pyridine rings is 1. The first-order valence-corrected chi connectivity index (χ1v) is 15.8. The number of halogens is 4. The highest BCUT2D eigenvalue weighted by atomic mass is 35.5. The summed E-state index contributed by atoms with van der Waals surface area (Å²) in [6.45, 7) is 6.60. The molecule has 3 fully saturated rings. The lowest BCUT2D eigenvalue weighted by Gasteiger charge is -2.40. The number of ether oxygens (including phenoxy) is 1. The smallest absolute Gasteiger partial charge is 0.416 e. The van der Waals surface area contributed by atoms with Gasteiger partial charge >= 0.3 is 6.18 Å².